The van der Waals surface area contributed by atoms with E-state index in [-0.39, 0.29) is 12.8 Å². The lowest BCUT2D eigenvalue weighted by atomic mass is 10.1. The fourth-order valence-corrected chi connectivity index (χ4v) is 7.30. The van der Waals surface area contributed by atoms with Crippen molar-refractivity contribution < 1.29 is 18.0 Å². The van der Waals surface area contributed by atoms with Gasteiger partial charge < -0.3 is 8.37 Å². The van der Waals surface area contributed by atoms with Crippen LogP contribution in [0.2, 0.25) is 0 Å². The van der Waals surface area contributed by atoms with Crippen molar-refractivity contribution in [3.05, 3.63) is 97.1 Å². The summed E-state index contributed by atoms with van der Waals surface area (Å²) in [6, 6.07) is 32.1. The molecule has 0 atom stereocenters. The summed E-state index contributed by atoms with van der Waals surface area (Å²) in [4.78, 5) is 33.9. The number of hydrogen-bond acceptors (Lipinski definition) is 10. The van der Waals surface area contributed by atoms with Crippen molar-refractivity contribution in [1.82, 2.24) is 9.97 Å². The highest BCUT2D eigenvalue weighted by Crippen LogP contribution is 2.37. The van der Waals surface area contributed by atoms with Crippen LogP contribution in [0.15, 0.2) is 106 Å². The maximum Gasteiger partial charge on any atom is 0.318 e. The molecular formula is C30H20N2O4S4. The Morgan fingerprint density at radius 2 is 1.00 bits per heavy atom. The molecular weight excluding hydrogens is 581 g/mol. The number of carbonyl (C=O) groups excluding carboxylic acids is 2. The minimum Gasteiger partial charge on any atom is -0.383 e. The van der Waals surface area contributed by atoms with Crippen LogP contribution < -0.4 is 0 Å². The van der Waals surface area contributed by atoms with Crippen molar-refractivity contribution in [2.45, 2.75) is 21.5 Å². The Morgan fingerprint density at radius 3 is 1.43 bits per heavy atom. The van der Waals surface area contributed by atoms with Gasteiger partial charge in [-0.05, 0) is 23.3 Å². The SMILES string of the molecule is O=C(CCC(=O)OSc1nc2c(-c3ccccc3)cccc2s1)OSc1nc2c(-c3ccccc3)cccc2s1. The highest BCUT2D eigenvalue weighted by molar-refractivity contribution is 7.97. The monoisotopic (exact) mass is 600 g/mol. The summed E-state index contributed by atoms with van der Waals surface area (Å²) >= 11 is 4.73. The molecule has 6 rings (SSSR count). The molecule has 0 aliphatic carbocycles. The van der Waals surface area contributed by atoms with Gasteiger partial charge in [-0.15, -0.1) is 22.7 Å². The molecule has 6 nitrogen and oxygen atoms in total. The molecule has 4 aromatic carbocycles. The molecule has 0 amide bonds. The first-order valence-corrected chi connectivity index (χ1v) is 15.4. The van der Waals surface area contributed by atoms with Crippen molar-refractivity contribution in [2.75, 3.05) is 0 Å². The molecule has 0 saturated carbocycles. The van der Waals surface area contributed by atoms with Gasteiger partial charge in [-0.1, -0.05) is 84.9 Å². The van der Waals surface area contributed by atoms with E-state index < -0.39 is 11.9 Å². The van der Waals surface area contributed by atoms with Gasteiger partial charge in [-0.2, -0.15) is 0 Å². The lowest BCUT2D eigenvalue weighted by molar-refractivity contribution is -0.139. The van der Waals surface area contributed by atoms with E-state index in [1.807, 2.05) is 97.1 Å². The molecule has 0 unspecified atom stereocenters. The van der Waals surface area contributed by atoms with Crippen molar-refractivity contribution in [3.8, 4) is 22.3 Å². The Morgan fingerprint density at radius 1 is 0.575 bits per heavy atom. The molecule has 10 heteroatoms. The fourth-order valence-electron chi connectivity index (χ4n) is 4.08. The molecule has 6 aromatic rings. The molecule has 0 fully saturated rings. The molecule has 40 heavy (non-hydrogen) atoms. The molecule has 0 radical (unpaired) electrons. The van der Waals surface area contributed by atoms with Crippen LogP contribution in [0.1, 0.15) is 12.8 Å². The minimum atomic E-state index is -0.512. The van der Waals surface area contributed by atoms with Gasteiger partial charge in [0.2, 0.25) is 0 Å². The van der Waals surface area contributed by atoms with Crippen LogP contribution in [0.4, 0.5) is 0 Å². The zero-order chi connectivity index (χ0) is 27.3. The topological polar surface area (TPSA) is 78.4 Å². The predicted molar refractivity (Wildman–Crippen MR) is 163 cm³/mol. The van der Waals surface area contributed by atoms with Crippen LogP contribution in [-0.4, -0.2) is 21.9 Å². The van der Waals surface area contributed by atoms with Crippen LogP contribution in [-0.2, 0) is 18.0 Å². The smallest absolute Gasteiger partial charge is 0.318 e. The van der Waals surface area contributed by atoms with Gasteiger partial charge in [0.05, 0.1) is 33.3 Å². The van der Waals surface area contributed by atoms with Crippen LogP contribution in [0.3, 0.4) is 0 Å². The van der Waals surface area contributed by atoms with E-state index in [0.717, 1.165) is 66.8 Å². The zero-order valence-corrected chi connectivity index (χ0v) is 24.1. The van der Waals surface area contributed by atoms with Crippen LogP contribution in [0, 0.1) is 0 Å². The maximum atomic E-state index is 12.3. The van der Waals surface area contributed by atoms with Crippen molar-refractivity contribution in [1.29, 1.82) is 0 Å². The van der Waals surface area contributed by atoms with E-state index in [4.69, 9.17) is 8.37 Å². The van der Waals surface area contributed by atoms with Gasteiger partial charge in [0.1, 0.15) is 24.1 Å². The molecule has 0 bridgehead atoms. The number of para-hydroxylation sites is 2. The maximum absolute atomic E-state index is 12.3. The standard InChI is InChI=1S/C30H20N2O4S4/c33-25(35-39-29-31-27-21(13-7-15-23(27)37-29)19-9-3-1-4-10-19)17-18-26(34)36-40-30-32-28-22(14-8-16-24(28)38-30)20-11-5-2-6-12-20/h1-16H,17-18H2. The second kappa shape index (κ2) is 12.2. The average molecular weight is 601 g/mol. The molecule has 0 N–H and O–H groups in total. The number of nitrogens with zero attached hydrogens (tertiary/aromatic N) is 2. The number of benzene rings is 4. The lowest BCUT2D eigenvalue weighted by Gasteiger charge is -2.02. The number of fused-ring (bicyclic) bond motifs is 2. The molecule has 0 spiro atoms. The number of carbonyl (C=O) groups is 2. The van der Waals surface area contributed by atoms with Crippen LogP contribution in [0.5, 0.6) is 0 Å². The van der Waals surface area contributed by atoms with E-state index in [2.05, 4.69) is 9.97 Å². The van der Waals surface area contributed by atoms with Crippen LogP contribution in [0.25, 0.3) is 42.7 Å². The Bertz CT molecular complexity index is 1670. The largest absolute Gasteiger partial charge is 0.383 e. The highest BCUT2D eigenvalue weighted by Gasteiger charge is 2.16. The van der Waals surface area contributed by atoms with Crippen molar-refractivity contribution >= 4 is 79.1 Å². The minimum absolute atomic E-state index is 0.0927. The molecule has 198 valence electrons. The lowest BCUT2D eigenvalue weighted by Crippen LogP contribution is -2.05. The number of aromatic nitrogens is 2. The second-order valence-corrected chi connectivity index (χ2v) is 12.6. The van der Waals surface area contributed by atoms with Gasteiger partial charge >= 0.3 is 11.9 Å². The summed E-state index contributed by atoms with van der Waals surface area (Å²) in [6.07, 6.45) is -0.185. The van der Waals surface area contributed by atoms with E-state index >= 15 is 0 Å². The second-order valence-electron chi connectivity index (χ2n) is 8.57. The number of hydrogen-bond donors (Lipinski definition) is 0. The first-order valence-electron chi connectivity index (χ1n) is 12.3. The summed E-state index contributed by atoms with van der Waals surface area (Å²) in [5.74, 6) is -1.02. The molecule has 0 saturated heterocycles. The highest BCUT2D eigenvalue weighted by atomic mass is 32.2. The first kappa shape index (κ1) is 26.5. The summed E-state index contributed by atoms with van der Waals surface area (Å²) < 4.78 is 13.9. The summed E-state index contributed by atoms with van der Waals surface area (Å²) in [5, 5.41) is 0. The van der Waals surface area contributed by atoms with Gasteiger partial charge in [0.25, 0.3) is 0 Å². The van der Waals surface area contributed by atoms with E-state index in [1.165, 1.54) is 22.7 Å². The summed E-state index contributed by atoms with van der Waals surface area (Å²) in [6.45, 7) is 0. The number of thiazole rings is 2. The van der Waals surface area contributed by atoms with Crippen molar-refractivity contribution in [3.63, 3.8) is 0 Å². The van der Waals surface area contributed by atoms with Gasteiger partial charge in [-0.25, -0.2) is 9.97 Å². The molecule has 2 heterocycles. The zero-order valence-electron chi connectivity index (χ0n) is 20.8. The average Bonchev–Trinajstić information content (AvgIpc) is 3.62. The van der Waals surface area contributed by atoms with Crippen molar-refractivity contribution in [2.24, 2.45) is 0 Å². The Labute approximate surface area is 246 Å². The van der Waals surface area contributed by atoms with E-state index in [1.54, 1.807) is 0 Å². The molecule has 2 aromatic heterocycles. The normalized spacial score (nSPS) is 11.1. The molecule has 0 aliphatic rings. The molecule has 0 aliphatic heterocycles. The van der Waals surface area contributed by atoms with Crippen LogP contribution >= 0.6 is 46.8 Å². The Kier molecular flexibility index (Phi) is 8.10. The first-order chi connectivity index (χ1) is 19.6. The van der Waals surface area contributed by atoms with Gasteiger partial charge in [-0.3, -0.25) is 9.59 Å². The van der Waals surface area contributed by atoms with Gasteiger partial charge in [0.15, 0.2) is 8.68 Å². The Hall–Kier alpha value is -3.70. The quantitative estimate of drug-likeness (QED) is 0.152. The summed E-state index contributed by atoms with van der Waals surface area (Å²) in [5.41, 5.74) is 5.93. The Balaban J connectivity index is 1.01. The van der Waals surface area contributed by atoms with E-state index in [0.29, 0.717) is 8.68 Å². The number of rotatable bonds is 9. The third-order valence-corrected chi connectivity index (χ3v) is 9.46. The predicted octanol–water partition coefficient (Wildman–Crippen LogP) is 8.82. The fraction of sp³-hybridized carbons (Fsp3) is 0.0667. The van der Waals surface area contributed by atoms with E-state index in [9.17, 15) is 9.59 Å². The van der Waals surface area contributed by atoms with Gasteiger partial charge in [0, 0.05) is 11.1 Å². The summed E-state index contributed by atoms with van der Waals surface area (Å²) in [7, 11) is 0. The third-order valence-electron chi connectivity index (χ3n) is 5.91. The third kappa shape index (κ3) is 6.05.